The molecule has 0 heterocycles. The molecule has 0 N–H and O–H groups in total. The maximum atomic E-state index is 12.7. The van der Waals surface area contributed by atoms with Crippen molar-refractivity contribution in [1.29, 1.82) is 0 Å². The van der Waals surface area contributed by atoms with Crippen LogP contribution in [0.5, 0.6) is 0 Å². The van der Waals surface area contributed by atoms with Crippen LogP contribution in [0.3, 0.4) is 0 Å². The SMILES string of the molecule is CC[P+](CC)(CC(=O)c1cccc(I)c1)c1ccccc1. The fourth-order valence-corrected chi connectivity index (χ4v) is 6.56. The van der Waals surface area contributed by atoms with Gasteiger partial charge in [-0.15, -0.1) is 0 Å². The monoisotopic (exact) mass is 411 g/mol. The van der Waals surface area contributed by atoms with Gasteiger partial charge in [0.05, 0.1) is 24.9 Å². The van der Waals surface area contributed by atoms with Crippen molar-refractivity contribution in [2.75, 3.05) is 18.5 Å². The molecule has 0 aromatic heterocycles. The molecule has 0 fully saturated rings. The van der Waals surface area contributed by atoms with Gasteiger partial charge < -0.3 is 0 Å². The number of Topliss-reactive ketones (excluding diaryl/α,β-unsaturated/α-hetero) is 1. The summed E-state index contributed by atoms with van der Waals surface area (Å²) in [7, 11) is -1.40. The summed E-state index contributed by atoms with van der Waals surface area (Å²) in [6, 6.07) is 18.5. The largest absolute Gasteiger partial charge is 0.290 e. The van der Waals surface area contributed by atoms with Crippen LogP contribution in [0, 0.1) is 3.57 Å². The summed E-state index contributed by atoms with van der Waals surface area (Å²) < 4.78 is 1.12. The zero-order valence-corrected chi connectivity index (χ0v) is 15.6. The molecule has 110 valence electrons. The van der Waals surface area contributed by atoms with Crippen molar-refractivity contribution in [3.05, 3.63) is 63.7 Å². The zero-order valence-electron chi connectivity index (χ0n) is 12.6. The quantitative estimate of drug-likeness (QED) is 0.377. The van der Waals surface area contributed by atoms with Gasteiger partial charge in [-0.3, -0.25) is 4.79 Å². The van der Waals surface area contributed by atoms with Crippen molar-refractivity contribution in [3.8, 4) is 0 Å². The molecule has 0 aliphatic heterocycles. The number of halogens is 1. The second-order valence-corrected chi connectivity index (χ2v) is 10.8. The topological polar surface area (TPSA) is 17.1 Å². The highest BCUT2D eigenvalue weighted by atomic mass is 127. The Hall–Kier alpha value is -0.730. The lowest BCUT2D eigenvalue weighted by molar-refractivity contribution is 0.102. The maximum absolute atomic E-state index is 12.7. The highest BCUT2D eigenvalue weighted by Gasteiger charge is 2.38. The van der Waals surface area contributed by atoms with Gasteiger partial charge in [0, 0.05) is 9.13 Å². The molecule has 0 atom stereocenters. The van der Waals surface area contributed by atoms with E-state index >= 15 is 0 Å². The van der Waals surface area contributed by atoms with Crippen LogP contribution >= 0.6 is 29.9 Å². The summed E-state index contributed by atoms with van der Waals surface area (Å²) in [4.78, 5) is 12.7. The van der Waals surface area contributed by atoms with Gasteiger partial charge in [-0.05, 0) is 60.7 Å². The number of rotatable bonds is 6. The van der Waals surface area contributed by atoms with E-state index in [1.54, 1.807) is 0 Å². The lowest BCUT2D eigenvalue weighted by atomic mass is 10.2. The Kier molecular flexibility index (Phi) is 5.95. The van der Waals surface area contributed by atoms with Crippen LogP contribution in [0.1, 0.15) is 24.2 Å². The zero-order chi connectivity index (χ0) is 15.3. The van der Waals surface area contributed by atoms with E-state index in [9.17, 15) is 4.79 Å². The number of hydrogen-bond donors (Lipinski definition) is 0. The minimum absolute atomic E-state index is 0.286. The molecule has 2 aromatic carbocycles. The summed E-state index contributed by atoms with van der Waals surface area (Å²) >= 11 is 2.26. The summed E-state index contributed by atoms with van der Waals surface area (Å²) in [5, 5.41) is 1.38. The van der Waals surface area contributed by atoms with Gasteiger partial charge in [0.15, 0.2) is 5.78 Å². The summed E-state index contributed by atoms with van der Waals surface area (Å²) in [6.07, 6.45) is 2.86. The molecule has 0 aliphatic carbocycles. The predicted octanol–water partition coefficient (Wildman–Crippen LogP) is 4.86. The molecule has 21 heavy (non-hydrogen) atoms. The Morgan fingerprint density at radius 1 is 1.00 bits per heavy atom. The molecule has 2 aromatic rings. The minimum Gasteiger partial charge on any atom is -0.290 e. The molecule has 0 amide bonds. The Balaban J connectivity index is 2.30. The smallest absolute Gasteiger partial charge is 0.200 e. The average molecular weight is 411 g/mol. The van der Waals surface area contributed by atoms with E-state index in [1.165, 1.54) is 5.30 Å². The van der Waals surface area contributed by atoms with Crippen molar-refractivity contribution in [3.63, 3.8) is 0 Å². The van der Waals surface area contributed by atoms with Crippen LogP contribution in [-0.2, 0) is 0 Å². The second-order valence-electron chi connectivity index (χ2n) is 5.20. The standard InChI is InChI=1S/C18H21IOP/c1-3-21(4-2,17-11-6-5-7-12-17)14-18(20)15-9-8-10-16(19)13-15/h5-13H,3-4,14H2,1-2H3/q+1. The van der Waals surface area contributed by atoms with Crippen molar-refractivity contribution in [1.82, 2.24) is 0 Å². The Morgan fingerprint density at radius 3 is 2.24 bits per heavy atom. The van der Waals surface area contributed by atoms with Gasteiger partial charge in [0.2, 0.25) is 0 Å². The van der Waals surface area contributed by atoms with E-state index in [0.29, 0.717) is 6.16 Å². The first-order valence-electron chi connectivity index (χ1n) is 7.32. The molecule has 0 unspecified atom stereocenters. The highest BCUT2D eigenvalue weighted by Crippen LogP contribution is 2.57. The van der Waals surface area contributed by atoms with E-state index in [-0.39, 0.29) is 5.78 Å². The molecule has 0 saturated carbocycles. The number of ketones is 1. The van der Waals surface area contributed by atoms with Crippen molar-refractivity contribution in [2.45, 2.75) is 13.8 Å². The molecule has 0 bridgehead atoms. The fraction of sp³-hybridized carbons (Fsp3) is 0.278. The third kappa shape index (κ3) is 3.92. The van der Waals surface area contributed by atoms with Crippen molar-refractivity contribution >= 4 is 40.9 Å². The van der Waals surface area contributed by atoms with Crippen LogP contribution < -0.4 is 5.30 Å². The third-order valence-electron chi connectivity index (χ3n) is 4.11. The first kappa shape index (κ1) is 16.6. The number of hydrogen-bond acceptors (Lipinski definition) is 1. The molecule has 2 rings (SSSR count). The number of benzene rings is 2. The predicted molar refractivity (Wildman–Crippen MR) is 102 cm³/mol. The first-order valence-corrected chi connectivity index (χ1v) is 10.7. The number of carbonyl (C=O) groups is 1. The van der Waals surface area contributed by atoms with E-state index in [4.69, 9.17) is 0 Å². The Labute approximate surface area is 141 Å². The van der Waals surface area contributed by atoms with Gasteiger partial charge in [-0.1, -0.05) is 30.3 Å². The minimum atomic E-state index is -1.40. The number of carbonyl (C=O) groups excluding carboxylic acids is 1. The lowest BCUT2D eigenvalue weighted by Crippen LogP contribution is -2.23. The summed E-state index contributed by atoms with van der Waals surface area (Å²) in [5.74, 6) is 0.286. The second kappa shape index (κ2) is 7.51. The van der Waals surface area contributed by atoms with Crippen LogP contribution in [0.15, 0.2) is 54.6 Å². The summed E-state index contributed by atoms with van der Waals surface area (Å²) in [5.41, 5.74) is 0.851. The fourth-order valence-electron chi connectivity index (χ4n) is 2.68. The van der Waals surface area contributed by atoms with Crippen LogP contribution in [0.4, 0.5) is 0 Å². The van der Waals surface area contributed by atoms with Crippen molar-refractivity contribution < 1.29 is 4.79 Å². The third-order valence-corrected chi connectivity index (χ3v) is 9.49. The van der Waals surface area contributed by atoms with Gasteiger partial charge >= 0.3 is 0 Å². The average Bonchev–Trinajstić information content (AvgIpc) is 2.53. The van der Waals surface area contributed by atoms with E-state index in [1.807, 2.05) is 30.3 Å². The maximum Gasteiger partial charge on any atom is 0.200 e. The lowest BCUT2D eigenvalue weighted by Gasteiger charge is -2.24. The normalized spacial score (nSPS) is 11.4. The van der Waals surface area contributed by atoms with E-state index in [2.05, 4.69) is 60.7 Å². The van der Waals surface area contributed by atoms with E-state index < -0.39 is 7.26 Å². The Morgan fingerprint density at radius 2 is 1.67 bits per heavy atom. The molecule has 3 heteroatoms. The van der Waals surface area contributed by atoms with Crippen LogP contribution in [-0.4, -0.2) is 24.3 Å². The van der Waals surface area contributed by atoms with Crippen LogP contribution in [0.2, 0.25) is 0 Å². The molecular weight excluding hydrogens is 390 g/mol. The van der Waals surface area contributed by atoms with Crippen molar-refractivity contribution in [2.24, 2.45) is 0 Å². The molecule has 1 nitrogen and oxygen atoms in total. The Bertz CT molecular complexity index is 606. The molecule has 0 radical (unpaired) electrons. The van der Waals surface area contributed by atoms with Gasteiger partial charge in [0.1, 0.15) is 6.16 Å². The molecule has 0 aliphatic rings. The van der Waals surface area contributed by atoms with E-state index in [0.717, 1.165) is 21.5 Å². The summed E-state index contributed by atoms with van der Waals surface area (Å²) in [6.45, 7) is 4.46. The highest BCUT2D eigenvalue weighted by molar-refractivity contribution is 14.1. The van der Waals surface area contributed by atoms with Gasteiger partial charge in [-0.2, -0.15) is 0 Å². The first-order chi connectivity index (χ1) is 10.1. The van der Waals surface area contributed by atoms with Gasteiger partial charge in [0.25, 0.3) is 0 Å². The molecular formula is C18H21IOP+. The van der Waals surface area contributed by atoms with Crippen LogP contribution in [0.25, 0.3) is 0 Å². The van der Waals surface area contributed by atoms with Gasteiger partial charge in [-0.25, -0.2) is 0 Å². The molecule has 0 spiro atoms. The molecule has 0 saturated heterocycles.